The number of rotatable bonds is 12. The lowest BCUT2D eigenvalue weighted by molar-refractivity contribution is -0.386. The minimum absolute atomic E-state index is 0.0660. The molecule has 4 rings (SSSR count). The number of para-hydroxylation sites is 1. The molecule has 3 N–H and O–H groups in total. The molecular formula is C30H27Br2N5O7S. The Hall–Kier alpha value is -4.34. The molecule has 0 radical (unpaired) electrons. The van der Waals surface area contributed by atoms with Gasteiger partial charge in [-0.05, 0) is 71.8 Å². The second kappa shape index (κ2) is 15.6. The fourth-order valence-corrected chi connectivity index (χ4v) is 5.42. The molecule has 0 saturated carbocycles. The Morgan fingerprint density at radius 3 is 2.58 bits per heavy atom. The predicted octanol–water partition coefficient (Wildman–Crippen LogP) is 5.58. The standard InChI is InChI=1S/C30H27Br2N5O7S/c1-3-42-29(39)26-17(2)34-30(45)35-27(26)21-6-4-5-7-24(21)43-16-25(38)36-33-14-19-12-22(32)28(23(13-19)37(40)41)44-15-18-8-10-20(31)11-9-18/h4-14,27H,3,15-16H2,1-2H3,(H,36,38)(H2,34,35,45)/t27-/m1/s1. The number of carbonyl (C=O) groups excluding carboxylic acids is 2. The van der Waals surface area contributed by atoms with Crippen LogP contribution in [0.4, 0.5) is 5.69 Å². The van der Waals surface area contributed by atoms with E-state index in [-0.39, 0.29) is 24.7 Å². The maximum Gasteiger partial charge on any atom is 0.338 e. The summed E-state index contributed by atoms with van der Waals surface area (Å²) in [5.74, 6) is -0.696. The molecule has 12 nitrogen and oxygen atoms in total. The molecule has 3 aromatic rings. The van der Waals surface area contributed by atoms with E-state index in [2.05, 4.69) is 53.0 Å². The Balaban J connectivity index is 1.42. The van der Waals surface area contributed by atoms with Gasteiger partial charge < -0.3 is 24.8 Å². The summed E-state index contributed by atoms with van der Waals surface area (Å²) in [4.78, 5) is 36.5. The molecule has 0 aliphatic carbocycles. The maximum absolute atomic E-state index is 12.7. The van der Waals surface area contributed by atoms with Crippen LogP contribution in [0.2, 0.25) is 0 Å². The minimum atomic E-state index is -0.675. The van der Waals surface area contributed by atoms with Crippen molar-refractivity contribution in [2.75, 3.05) is 13.2 Å². The Labute approximate surface area is 280 Å². The van der Waals surface area contributed by atoms with Crippen LogP contribution in [0, 0.1) is 10.1 Å². The van der Waals surface area contributed by atoms with Gasteiger partial charge in [0.05, 0.1) is 33.8 Å². The van der Waals surface area contributed by atoms with E-state index in [1.165, 1.54) is 12.3 Å². The van der Waals surface area contributed by atoms with Gasteiger partial charge in [0.15, 0.2) is 11.7 Å². The molecule has 234 valence electrons. The van der Waals surface area contributed by atoms with Crippen molar-refractivity contribution in [2.24, 2.45) is 5.10 Å². The Kier molecular flexibility index (Phi) is 11.6. The van der Waals surface area contributed by atoms with E-state index < -0.39 is 29.4 Å². The molecule has 0 fully saturated rings. The molecule has 3 aromatic carbocycles. The molecule has 0 saturated heterocycles. The number of nitro benzene ring substituents is 1. The van der Waals surface area contributed by atoms with Crippen LogP contribution in [0.5, 0.6) is 11.5 Å². The highest BCUT2D eigenvalue weighted by Gasteiger charge is 2.32. The number of carbonyl (C=O) groups is 2. The van der Waals surface area contributed by atoms with E-state index in [9.17, 15) is 19.7 Å². The first-order chi connectivity index (χ1) is 21.6. The summed E-state index contributed by atoms with van der Waals surface area (Å²) in [6.07, 6.45) is 1.27. The normalized spacial score (nSPS) is 14.4. The molecule has 0 unspecified atom stereocenters. The van der Waals surface area contributed by atoms with Crippen LogP contribution in [-0.4, -0.2) is 41.3 Å². The van der Waals surface area contributed by atoms with Gasteiger partial charge in [-0.1, -0.05) is 46.3 Å². The van der Waals surface area contributed by atoms with Crippen molar-refractivity contribution in [3.05, 3.63) is 108 Å². The van der Waals surface area contributed by atoms with Crippen molar-refractivity contribution in [1.82, 2.24) is 16.1 Å². The zero-order valence-electron chi connectivity index (χ0n) is 24.0. The fourth-order valence-electron chi connectivity index (χ4n) is 4.30. The van der Waals surface area contributed by atoms with Gasteiger partial charge in [0, 0.05) is 27.4 Å². The number of nitrogens with zero attached hydrogens (tertiary/aromatic N) is 2. The number of allylic oxidation sites excluding steroid dienone is 1. The fraction of sp³-hybridized carbons (Fsp3) is 0.200. The first-order valence-electron chi connectivity index (χ1n) is 13.4. The summed E-state index contributed by atoms with van der Waals surface area (Å²) in [7, 11) is 0. The molecule has 1 atom stereocenters. The number of halogens is 2. The lowest BCUT2D eigenvalue weighted by Crippen LogP contribution is -2.45. The van der Waals surface area contributed by atoms with Gasteiger partial charge in [0.2, 0.25) is 5.75 Å². The number of nitrogens with one attached hydrogen (secondary N) is 3. The van der Waals surface area contributed by atoms with Crippen molar-refractivity contribution in [3.63, 3.8) is 0 Å². The van der Waals surface area contributed by atoms with E-state index >= 15 is 0 Å². The third kappa shape index (κ3) is 8.86. The number of hydrogen-bond acceptors (Lipinski definition) is 9. The number of amides is 1. The number of hydrazone groups is 1. The van der Waals surface area contributed by atoms with Crippen LogP contribution in [0.1, 0.15) is 36.6 Å². The number of hydrogen-bond donors (Lipinski definition) is 3. The minimum Gasteiger partial charge on any atom is -0.483 e. The van der Waals surface area contributed by atoms with E-state index in [1.807, 2.05) is 24.3 Å². The Morgan fingerprint density at radius 2 is 1.87 bits per heavy atom. The molecule has 1 amide bonds. The average Bonchev–Trinajstić information content (AvgIpc) is 3.00. The van der Waals surface area contributed by atoms with Gasteiger partial charge >= 0.3 is 11.7 Å². The van der Waals surface area contributed by atoms with Gasteiger partial charge in [0.1, 0.15) is 12.4 Å². The lowest BCUT2D eigenvalue weighted by Gasteiger charge is -2.30. The number of esters is 1. The van der Waals surface area contributed by atoms with Crippen molar-refractivity contribution in [1.29, 1.82) is 0 Å². The lowest BCUT2D eigenvalue weighted by atomic mass is 9.95. The Morgan fingerprint density at radius 1 is 1.13 bits per heavy atom. The summed E-state index contributed by atoms with van der Waals surface area (Å²) >= 11 is 12.0. The average molecular weight is 761 g/mol. The number of ether oxygens (including phenoxy) is 3. The summed E-state index contributed by atoms with van der Waals surface area (Å²) in [5.41, 5.74) is 4.70. The molecule has 45 heavy (non-hydrogen) atoms. The highest BCUT2D eigenvalue weighted by molar-refractivity contribution is 9.10. The molecule has 0 spiro atoms. The highest BCUT2D eigenvalue weighted by atomic mass is 79.9. The van der Waals surface area contributed by atoms with Gasteiger partial charge in [0.25, 0.3) is 5.91 Å². The van der Waals surface area contributed by atoms with Crippen LogP contribution >= 0.6 is 44.1 Å². The van der Waals surface area contributed by atoms with Crippen LogP contribution in [-0.2, 0) is 20.9 Å². The number of benzene rings is 3. The van der Waals surface area contributed by atoms with Crippen LogP contribution in [0.15, 0.2) is 86.0 Å². The van der Waals surface area contributed by atoms with Crippen LogP contribution < -0.4 is 25.5 Å². The van der Waals surface area contributed by atoms with Crippen molar-refractivity contribution in [3.8, 4) is 11.5 Å². The zero-order chi connectivity index (χ0) is 32.5. The first kappa shape index (κ1) is 33.6. The van der Waals surface area contributed by atoms with Crippen molar-refractivity contribution >= 4 is 73.0 Å². The quantitative estimate of drug-likeness (QED) is 0.0701. The van der Waals surface area contributed by atoms with Crippen molar-refractivity contribution < 1.29 is 28.7 Å². The van der Waals surface area contributed by atoms with E-state index in [1.54, 1.807) is 44.2 Å². The predicted molar refractivity (Wildman–Crippen MR) is 178 cm³/mol. The number of nitro groups is 1. The monoisotopic (exact) mass is 759 g/mol. The maximum atomic E-state index is 12.7. The second-order valence-corrected chi connectivity index (χ2v) is 11.6. The van der Waals surface area contributed by atoms with Gasteiger partial charge in [-0.15, -0.1) is 0 Å². The summed E-state index contributed by atoms with van der Waals surface area (Å²) in [5, 5.41) is 22.0. The molecule has 0 bridgehead atoms. The summed E-state index contributed by atoms with van der Waals surface area (Å²) in [6, 6.07) is 16.5. The molecular weight excluding hydrogens is 734 g/mol. The highest BCUT2D eigenvalue weighted by Crippen LogP contribution is 2.37. The Bertz CT molecular complexity index is 1680. The van der Waals surface area contributed by atoms with Crippen LogP contribution in [0.25, 0.3) is 0 Å². The number of thiocarbonyl (C=S) groups is 1. The zero-order valence-corrected chi connectivity index (χ0v) is 28.0. The molecule has 1 aliphatic rings. The van der Waals surface area contributed by atoms with Gasteiger partial charge in [-0.25, -0.2) is 10.2 Å². The second-order valence-electron chi connectivity index (χ2n) is 9.43. The van der Waals surface area contributed by atoms with E-state index in [0.717, 1.165) is 10.0 Å². The topological polar surface area (TPSA) is 153 Å². The largest absolute Gasteiger partial charge is 0.483 e. The molecule has 1 heterocycles. The molecule has 1 aliphatic heterocycles. The van der Waals surface area contributed by atoms with Gasteiger partial charge in [-0.2, -0.15) is 5.10 Å². The first-order valence-corrected chi connectivity index (χ1v) is 15.4. The summed E-state index contributed by atoms with van der Waals surface area (Å²) in [6.45, 7) is 3.35. The third-order valence-electron chi connectivity index (χ3n) is 6.30. The smallest absolute Gasteiger partial charge is 0.338 e. The van der Waals surface area contributed by atoms with Crippen molar-refractivity contribution in [2.45, 2.75) is 26.5 Å². The third-order valence-corrected chi connectivity index (χ3v) is 7.63. The SMILES string of the molecule is CCOC(=O)C1=C(C)NC(=S)N[C@@H]1c1ccccc1OCC(=O)NN=Cc1cc(Br)c(OCc2ccc(Br)cc2)c([N+](=O)[O-])c1. The summed E-state index contributed by atoms with van der Waals surface area (Å²) < 4.78 is 18.0. The molecule has 0 aromatic heterocycles. The molecule has 15 heteroatoms. The van der Waals surface area contributed by atoms with E-state index in [4.69, 9.17) is 26.4 Å². The van der Waals surface area contributed by atoms with Crippen LogP contribution in [0.3, 0.4) is 0 Å². The van der Waals surface area contributed by atoms with Gasteiger partial charge in [-0.3, -0.25) is 14.9 Å². The van der Waals surface area contributed by atoms with E-state index in [0.29, 0.717) is 37.7 Å².